The van der Waals surface area contributed by atoms with E-state index in [-0.39, 0.29) is 55.4 Å². The van der Waals surface area contributed by atoms with Crippen LogP contribution in [0.25, 0.3) is 22.4 Å². The molecular formula is C30H38N4O7S. The van der Waals surface area contributed by atoms with E-state index in [1.807, 2.05) is 37.3 Å². The molecule has 1 saturated carbocycles. The Balaban J connectivity index is 1.53. The predicted octanol–water partition coefficient (Wildman–Crippen LogP) is 3.77. The summed E-state index contributed by atoms with van der Waals surface area (Å²) in [7, 11) is -1.35. The van der Waals surface area contributed by atoms with Gasteiger partial charge in [-0.15, -0.1) is 0 Å². The number of hydrogen-bond donors (Lipinski definition) is 4. The molecule has 0 spiro atoms. The van der Waals surface area contributed by atoms with Crippen molar-refractivity contribution in [1.29, 1.82) is 0 Å². The highest BCUT2D eigenvalue weighted by atomic mass is 32.2. The van der Waals surface area contributed by atoms with Gasteiger partial charge in [-0.2, -0.15) is 4.31 Å². The van der Waals surface area contributed by atoms with Crippen LogP contribution in [0.2, 0.25) is 0 Å². The first-order valence-corrected chi connectivity index (χ1v) is 15.4. The van der Waals surface area contributed by atoms with Gasteiger partial charge in [0.15, 0.2) is 0 Å². The molecular weight excluding hydrogens is 560 g/mol. The molecule has 0 aliphatic heterocycles. The summed E-state index contributed by atoms with van der Waals surface area (Å²) in [5.41, 5.74) is 4.01. The van der Waals surface area contributed by atoms with Gasteiger partial charge in [-0.05, 0) is 56.6 Å². The van der Waals surface area contributed by atoms with Gasteiger partial charge in [0.1, 0.15) is 5.76 Å². The minimum atomic E-state index is -2.92. The van der Waals surface area contributed by atoms with Gasteiger partial charge in [0.05, 0.1) is 23.2 Å². The van der Waals surface area contributed by atoms with Gasteiger partial charge in [0.2, 0.25) is 22.5 Å². The Morgan fingerprint density at radius 1 is 1.17 bits per heavy atom. The Kier molecular flexibility index (Phi) is 10.3. The lowest BCUT2D eigenvalue weighted by Crippen LogP contribution is -2.31. The molecule has 0 unspecified atom stereocenters. The minimum absolute atomic E-state index is 0.0127. The quantitative estimate of drug-likeness (QED) is 0.152. The number of aliphatic carboxylic acids is 1. The van der Waals surface area contributed by atoms with Gasteiger partial charge in [-0.25, -0.2) is 13.4 Å². The average Bonchev–Trinajstić information content (AvgIpc) is 3.74. The summed E-state index contributed by atoms with van der Waals surface area (Å²) in [4.78, 5) is 40.7. The summed E-state index contributed by atoms with van der Waals surface area (Å²) < 4.78 is 32.0. The van der Waals surface area contributed by atoms with Crippen LogP contribution in [0.1, 0.15) is 78.5 Å². The van der Waals surface area contributed by atoms with Gasteiger partial charge in [0, 0.05) is 38.0 Å². The van der Waals surface area contributed by atoms with Crippen LogP contribution in [-0.4, -0.2) is 60.7 Å². The third kappa shape index (κ3) is 7.74. The average molecular weight is 599 g/mol. The molecule has 0 saturated heterocycles. The molecule has 3 N–H and O–H groups in total. The number of furan rings is 1. The van der Waals surface area contributed by atoms with Crippen molar-refractivity contribution in [1.82, 2.24) is 19.9 Å². The number of fused-ring (bicyclic) bond motifs is 1. The first kappa shape index (κ1) is 31.2. The van der Waals surface area contributed by atoms with E-state index in [2.05, 4.69) is 10.6 Å². The minimum Gasteiger partial charge on any atom is -0.481 e. The van der Waals surface area contributed by atoms with E-state index in [9.17, 15) is 22.8 Å². The van der Waals surface area contributed by atoms with Crippen LogP contribution in [0, 0.1) is 12.8 Å². The SMILES string of the molecule is CNC(=O)c1c(-c2ccc(C)cc2)oc2nc(CN(CCC[C@H](C)C(=O)NCCCC(=O)O)[SH](=O)=O)c(C3CC3)cc12. The van der Waals surface area contributed by atoms with Crippen molar-refractivity contribution in [3.8, 4) is 11.3 Å². The highest BCUT2D eigenvalue weighted by Crippen LogP contribution is 2.44. The fourth-order valence-corrected chi connectivity index (χ4v) is 5.49. The number of amides is 2. The zero-order chi connectivity index (χ0) is 30.4. The summed E-state index contributed by atoms with van der Waals surface area (Å²) in [6.07, 6.45) is 3.20. The maximum absolute atomic E-state index is 13.0. The molecule has 0 bridgehead atoms. The fourth-order valence-electron chi connectivity index (χ4n) is 4.94. The Morgan fingerprint density at radius 3 is 2.50 bits per heavy atom. The summed E-state index contributed by atoms with van der Waals surface area (Å²) in [6.45, 7) is 4.31. The van der Waals surface area contributed by atoms with E-state index in [0.29, 0.717) is 41.7 Å². The summed E-state index contributed by atoms with van der Waals surface area (Å²) in [6, 6.07) is 9.59. The van der Waals surface area contributed by atoms with Gasteiger partial charge >= 0.3 is 5.97 Å². The molecule has 11 nitrogen and oxygen atoms in total. The number of nitrogens with one attached hydrogen (secondary N) is 2. The first-order valence-electron chi connectivity index (χ1n) is 14.2. The van der Waals surface area contributed by atoms with E-state index in [4.69, 9.17) is 14.5 Å². The number of aromatic nitrogens is 1. The second-order valence-electron chi connectivity index (χ2n) is 10.9. The molecule has 12 heteroatoms. The van der Waals surface area contributed by atoms with Gasteiger partial charge in [-0.3, -0.25) is 14.4 Å². The number of carbonyl (C=O) groups excluding carboxylic acids is 2. The molecule has 0 radical (unpaired) electrons. The van der Waals surface area contributed by atoms with E-state index >= 15 is 0 Å². The zero-order valence-corrected chi connectivity index (χ0v) is 25.0. The van der Waals surface area contributed by atoms with Crippen LogP contribution >= 0.6 is 0 Å². The highest BCUT2D eigenvalue weighted by molar-refractivity contribution is 7.69. The molecule has 2 amide bonds. The first-order chi connectivity index (χ1) is 20.1. The molecule has 4 rings (SSSR count). The monoisotopic (exact) mass is 598 g/mol. The van der Waals surface area contributed by atoms with Crippen molar-refractivity contribution in [2.24, 2.45) is 5.92 Å². The molecule has 1 atom stereocenters. The van der Waals surface area contributed by atoms with E-state index in [0.717, 1.165) is 29.5 Å². The lowest BCUT2D eigenvalue weighted by atomic mass is 10.0. The Morgan fingerprint density at radius 2 is 1.88 bits per heavy atom. The summed E-state index contributed by atoms with van der Waals surface area (Å²) >= 11 is 0. The van der Waals surface area contributed by atoms with E-state index < -0.39 is 16.9 Å². The molecule has 226 valence electrons. The fraction of sp³-hybridized carbons (Fsp3) is 0.467. The van der Waals surface area contributed by atoms with E-state index in [1.54, 1.807) is 14.0 Å². The van der Waals surface area contributed by atoms with Crippen LogP contribution in [0.15, 0.2) is 34.7 Å². The maximum Gasteiger partial charge on any atom is 0.303 e. The smallest absolute Gasteiger partial charge is 0.303 e. The standard InChI is InChI=1S/C30H38N4O7S/c1-18-8-10-21(11-9-18)27-26(29(38)31-3)23-16-22(20-12-13-20)24(33-30(23)41-27)17-34(42(39)40)15-5-6-19(2)28(37)32-14-4-7-25(35)36/h8-11,16,19-20,42H,4-7,12-15,17H2,1-3H3,(H,31,38)(H,32,37)(H,35,36)/t19-/m0/s1. The number of carboxylic acids is 1. The number of thiol groups is 1. The molecule has 42 heavy (non-hydrogen) atoms. The van der Waals surface area contributed by atoms with Crippen molar-refractivity contribution >= 4 is 39.8 Å². The van der Waals surface area contributed by atoms with Crippen LogP contribution in [0.3, 0.4) is 0 Å². The third-order valence-electron chi connectivity index (χ3n) is 7.51. The van der Waals surface area contributed by atoms with Crippen molar-refractivity contribution < 1.29 is 32.3 Å². The number of aryl methyl sites for hydroxylation is 1. The second-order valence-corrected chi connectivity index (χ2v) is 11.9. The van der Waals surface area contributed by atoms with Crippen LogP contribution in [0.4, 0.5) is 0 Å². The highest BCUT2D eigenvalue weighted by Gasteiger charge is 2.31. The van der Waals surface area contributed by atoms with Gasteiger partial charge < -0.3 is 20.2 Å². The zero-order valence-electron chi connectivity index (χ0n) is 24.1. The topological polar surface area (TPSA) is 159 Å². The van der Waals surface area contributed by atoms with Crippen molar-refractivity contribution in [3.05, 3.63) is 52.7 Å². The van der Waals surface area contributed by atoms with Crippen molar-refractivity contribution in [2.45, 2.75) is 64.8 Å². The number of pyridine rings is 1. The third-order valence-corrected chi connectivity index (χ3v) is 8.31. The van der Waals surface area contributed by atoms with Crippen molar-refractivity contribution in [3.63, 3.8) is 0 Å². The van der Waals surface area contributed by atoms with E-state index in [1.165, 1.54) is 4.31 Å². The number of carboxylic acid groups (broad SMARTS) is 1. The van der Waals surface area contributed by atoms with Crippen LogP contribution in [-0.2, 0) is 27.0 Å². The lowest BCUT2D eigenvalue weighted by Gasteiger charge is -2.18. The maximum atomic E-state index is 13.0. The number of nitrogens with zero attached hydrogens (tertiary/aromatic N) is 2. The molecule has 1 aromatic carbocycles. The summed E-state index contributed by atoms with van der Waals surface area (Å²) in [5.74, 6) is -1.07. The van der Waals surface area contributed by atoms with Gasteiger partial charge in [0.25, 0.3) is 5.91 Å². The number of rotatable bonds is 15. The lowest BCUT2D eigenvalue weighted by molar-refractivity contribution is -0.137. The normalized spacial score (nSPS) is 13.9. The molecule has 3 aromatic rings. The molecule has 1 fully saturated rings. The number of hydrogen-bond acceptors (Lipinski definition) is 7. The number of carbonyl (C=O) groups is 3. The molecule has 1 aliphatic carbocycles. The second kappa shape index (κ2) is 13.9. The van der Waals surface area contributed by atoms with Gasteiger partial charge in [-0.1, -0.05) is 36.8 Å². The van der Waals surface area contributed by atoms with Crippen molar-refractivity contribution in [2.75, 3.05) is 20.1 Å². The molecule has 2 aromatic heterocycles. The Hall–Kier alpha value is -3.77. The molecule has 1 aliphatic rings. The summed E-state index contributed by atoms with van der Waals surface area (Å²) in [5, 5.41) is 14.7. The Labute approximate surface area is 246 Å². The molecule has 2 heterocycles. The van der Waals surface area contributed by atoms with Crippen LogP contribution in [0.5, 0.6) is 0 Å². The Bertz CT molecular complexity index is 1520. The number of benzene rings is 1. The van der Waals surface area contributed by atoms with Crippen LogP contribution < -0.4 is 10.6 Å². The predicted molar refractivity (Wildman–Crippen MR) is 159 cm³/mol. The largest absolute Gasteiger partial charge is 0.481 e.